The molecule has 9 heteroatoms. The van der Waals surface area contributed by atoms with E-state index >= 15 is 0 Å². The van der Waals surface area contributed by atoms with Gasteiger partial charge in [0.05, 0.1) is 29.8 Å². The van der Waals surface area contributed by atoms with Crippen molar-refractivity contribution in [1.82, 2.24) is 15.0 Å². The van der Waals surface area contributed by atoms with Gasteiger partial charge >= 0.3 is 0 Å². The molecule has 4 atom stereocenters. The van der Waals surface area contributed by atoms with E-state index in [4.69, 9.17) is 9.47 Å². The summed E-state index contributed by atoms with van der Waals surface area (Å²) in [5.41, 5.74) is 0.361. The number of rotatable bonds is 3. The van der Waals surface area contributed by atoms with Gasteiger partial charge in [0.15, 0.2) is 5.69 Å². The van der Waals surface area contributed by atoms with Gasteiger partial charge in [0.1, 0.15) is 12.2 Å². The highest BCUT2D eigenvalue weighted by molar-refractivity contribution is 9.10. The number of halogens is 1. The monoisotopic (exact) mass is 375 g/mol. The molecule has 1 aromatic rings. The number of aromatic nitrogens is 1. The van der Waals surface area contributed by atoms with E-state index < -0.39 is 0 Å². The van der Waals surface area contributed by atoms with E-state index in [-0.39, 0.29) is 36.1 Å². The molecule has 7 nitrogen and oxygen atoms in total. The Hall–Kier alpha value is -1.03. The highest BCUT2D eigenvalue weighted by Crippen LogP contribution is 2.27. The van der Waals surface area contributed by atoms with Crippen molar-refractivity contribution in [2.45, 2.75) is 31.2 Å². The van der Waals surface area contributed by atoms with Crippen molar-refractivity contribution in [3.8, 4) is 0 Å². The summed E-state index contributed by atoms with van der Waals surface area (Å²) in [6.45, 7) is 2.21. The van der Waals surface area contributed by atoms with Gasteiger partial charge in [-0.2, -0.15) is 4.37 Å². The first-order valence-electron chi connectivity index (χ1n) is 6.47. The molecule has 2 amide bonds. The lowest BCUT2D eigenvalue weighted by molar-refractivity contribution is -0.120. The van der Waals surface area contributed by atoms with Crippen LogP contribution in [0.4, 0.5) is 0 Å². The first-order chi connectivity index (χ1) is 10.1. The third-order valence-electron chi connectivity index (χ3n) is 3.50. The van der Waals surface area contributed by atoms with Gasteiger partial charge in [-0.05, 0) is 27.5 Å². The summed E-state index contributed by atoms with van der Waals surface area (Å²) < 4.78 is 16.0. The summed E-state index contributed by atoms with van der Waals surface area (Å²) in [7, 11) is 0. The zero-order valence-corrected chi connectivity index (χ0v) is 13.6. The fraction of sp³-hybridized carbons (Fsp3) is 0.583. The number of amides is 2. The first-order valence-corrected chi connectivity index (χ1v) is 8.10. The van der Waals surface area contributed by atoms with Gasteiger partial charge in [0.25, 0.3) is 5.91 Å². The molecule has 2 fully saturated rings. The van der Waals surface area contributed by atoms with Crippen molar-refractivity contribution in [3.63, 3.8) is 0 Å². The van der Waals surface area contributed by atoms with Crippen LogP contribution < -0.4 is 10.6 Å². The highest BCUT2D eigenvalue weighted by atomic mass is 79.9. The van der Waals surface area contributed by atoms with Gasteiger partial charge in [0, 0.05) is 12.3 Å². The Morgan fingerprint density at radius 2 is 1.90 bits per heavy atom. The van der Waals surface area contributed by atoms with Crippen LogP contribution in [0, 0.1) is 0 Å². The summed E-state index contributed by atoms with van der Waals surface area (Å²) in [5.74, 6) is -0.379. The Morgan fingerprint density at radius 1 is 1.29 bits per heavy atom. The van der Waals surface area contributed by atoms with Crippen molar-refractivity contribution in [3.05, 3.63) is 15.5 Å². The molecule has 0 bridgehead atoms. The fourth-order valence-electron chi connectivity index (χ4n) is 2.62. The second-order valence-corrected chi connectivity index (χ2v) is 6.48. The molecule has 21 heavy (non-hydrogen) atoms. The van der Waals surface area contributed by atoms with E-state index in [0.29, 0.717) is 23.4 Å². The molecule has 1 aromatic heterocycles. The highest BCUT2D eigenvalue weighted by Gasteiger charge is 2.48. The van der Waals surface area contributed by atoms with Crippen LogP contribution >= 0.6 is 27.5 Å². The SMILES string of the molecule is CC(=O)N[C@H]1CO[C@H]2[C@@H]1OC[C@@H]2NC(=O)c1nscc1Br. The minimum absolute atomic E-state index is 0.119. The third kappa shape index (κ3) is 2.96. The van der Waals surface area contributed by atoms with E-state index in [2.05, 4.69) is 30.9 Å². The van der Waals surface area contributed by atoms with Crippen LogP contribution in [0.5, 0.6) is 0 Å². The molecule has 114 valence electrons. The van der Waals surface area contributed by atoms with Crippen molar-refractivity contribution in [1.29, 1.82) is 0 Å². The number of nitrogens with one attached hydrogen (secondary N) is 2. The average Bonchev–Trinajstić information content (AvgIpc) is 3.09. The molecule has 3 heterocycles. The lowest BCUT2D eigenvalue weighted by Gasteiger charge is -2.17. The summed E-state index contributed by atoms with van der Waals surface area (Å²) in [5, 5.41) is 7.44. The standard InChI is InChI=1S/C12H14BrN3O4S/c1-5(17)14-7-2-19-11-8(3-20-10(7)11)15-12(18)9-6(13)4-21-16-9/h4,7-8,10-11H,2-3H2,1H3,(H,14,17)(H,15,18)/t7-,8-,10+,11+/m0/s1. The van der Waals surface area contributed by atoms with Crippen LogP contribution in [-0.4, -0.2) is 53.7 Å². The second kappa shape index (κ2) is 5.99. The molecule has 0 unspecified atom stereocenters. The topological polar surface area (TPSA) is 89.5 Å². The molecule has 2 aliphatic heterocycles. The molecule has 2 N–H and O–H groups in total. The molecule has 2 aliphatic rings. The van der Waals surface area contributed by atoms with Crippen LogP contribution in [-0.2, 0) is 14.3 Å². The fourth-order valence-corrected chi connectivity index (χ4v) is 3.80. The Labute approximate surface area is 133 Å². The van der Waals surface area contributed by atoms with Gasteiger partial charge in [0.2, 0.25) is 5.91 Å². The smallest absolute Gasteiger partial charge is 0.272 e. The predicted molar refractivity (Wildman–Crippen MR) is 78.2 cm³/mol. The lowest BCUT2D eigenvalue weighted by Crippen LogP contribution is -2.46. The minimum atomic E-state index is -0.260. The molecule has 3 rings (SSSR count). The lowest BCUT2D eigenvalue weighted by atomic mass is 10.1. The van der Waals surface area contributed by atoms with Gasteiger partial charge in [-0.25, -0.2) is 0 Å². The van der Waals surface area contributed by atoms with Crippen LogP contribution in [0.1, 0.15) is 17.4 Å². The predicted octanol–water partition coefficient (Wildman–Crippen LogP) is 0.306. The number of fused-ring (bicyclic) bond motifs is 1. The Kier molecular flexibility index (Phi) is 4.25. The van der Waals surface area contributed by atoms with Crippen molar-refractivity contribution in [2.24, 2.45) is 0 Å². The van der Waals surface area contributed by atoms with Gasteiger partial charge < -0.3 is 20.1 Å². The van der Waals surface area contributed by atoms with E-state index in [9.17, 15) is 9.59 Å². The van der Waals surface area contributed by atoms with Crippen molar-refractivity contribution in [2.75, 3.05) is 13.2 Å². The van der Waals surface area contributed by atoms with Crippen LogP contribution in [0.3, 0.4) is 0 Å². The van der Waals surface area contributed by atoms with E-state index in [1.165, 1.54) is 18.5 Å². The maximum Gasteiger partial charge on any atom is 0.272 e. The number of hydrogen-bond acceptors (Lipinski definition) is 6. The maximum absolute atomic E-state index is 12.2. The number of ether oxygens (including phenoxy) is 2. The van der Waals surface area contributed by atoms with Crippen LogP contribution in [0.25, 0.3) is 0 Å². The van der Waals surface area contributed by atoms with Crippen molar-refractivity contribution >= 4 is 39.3 Å². The maximum atomic E-state index is 12.2. The molecule has 0 aliphatic carbocycles. The molecule has 0 radical (unpaired) electrons. The molecule has 0 spiro atoms. The van der Waals surface area contributed by atoms with Crippen LogP contribution in [0.15, 0.2) is 9.85 Å². The van der Waals surface area contributed by atoms with Gasteiger partial charge in [-0.15, -0.1) is 0 Å². The Morgan fingerprint density at radius 3 is 2.43 bits per heavy atom. The van der Waals surface area contributed by atoms with Gasteiger partial charge in [-0.1, -0.05) is 0 Å². The zero-order valence-electron chi connectivity index (χ0n) is 11.2. The quantitative estimate of drug-likeness (QED) is 0.793. The first kappa shape index (κ1) is 14.9. The molecular formula is C12H14BrN3O4S. The molecule has 0 saturated carbocycles. The summed E-state index contributed by atoms with van der Waals surface area (Å²) in [6, 6.07) is -0.407. The Balaban J connectivity index is 1.63. The summed E-state index contributed by atoms with van der Waals surface area (Å²) >= 11 is 4.50. The minimum Gasteiger partial charge on any atom is -0.371 e. The largest absolute Gasteiger partial charge is 0.371 e. The van der Waals surface area contributed by atoms with Crippen LogP contribution in [0.2, 0.25) is 0 Å². The Bertz CT molecular complexity index is 566. The molecule has 2 saturated heterocycles. The number of hydrogen-bond donors (Lipinski definition) is 2. The average molecular weight is 376 g/mol. The van der Waals surface area contributed by atoms with Crippen molar-refractivity contribution < 1.29 is 19.1 Å². The van der Waals surface area contributed by atoms with E-state index in [0.717, 1.165) is 0 Å². The zero-order chi connectivity index (χ0) is 15.0. The molecule has 0 aromatic carbocycles. The number of carbonyl (C=O) groups excluding carboxylic acids is 2. The third-order valence-corrected chi connectivity index (χ3v) is 5.04. The number of carbonyl (C=O) groups is 2. The molecular weight excluding hydrogens is 362 g/mol. The number of nitrogens with zero attached hydrogens (tertiary/aromatic N) is 1. The summed E-state index contributed by atoms with van der Waals surface area (Å²) in [4.78, 5) is 23.3. The normalized spacial score (nSPS) is 31.0. The summed E-state index contributed by atoms with van der Waals surface area (Å²) in [6.07, 6.45) is -0.471. The van der Waals surface area contributed by atoms with E-state index in [1.807, 2.05) is 0 Å². The second-order valence-electron chi connectivity index (χ2n) is 4.99. The van der Waals surface area contributed by atoms with E-state index in [1.54, 1.807) is 5.38 Å². The van der Waals surface area contributed by atoms with Gasteiger partial charge in [-0.3, -0.25) is 9.59 Å².